The predicted molar refractivity (Wildman–Crippen MR) is 165 cm³/mol. The molecule has 2 heterocycles. The number of ether oxygens (including phenoxy) is 3. The molecule has 3 aromatic carbocycles. The van der Waals surface area contributed by atoms with Gasteiger partial charge in [0.2, 0.25) is 5.91 Å². The summed E-state index contributed by atoms with van der Waals surface area (Å²) in [6.45, 7) is 3.57. The molecule has 5 rings (SSSR count). The van der Waals surface area contributed by atoms with Gasteiger partial charge in [0.1, 0.15) is 23.8 Å². The lowest BCUT2D eigenvalue weighted by Crippen LogP contribution is -2.46. The summed E-state index contributed by atoms with van der Waals surface area (Å²) in [5.41, 5.74) is 1.60. The molecule has 236 valence electrons. The summed E-state index contributed by atoms with van der Waals surface area (Å²) in [5, 5.41) is 24.9. The molecule has 0 saturated heterocycles. The first kappa shape index (κ1) is 31.8. The number of methoxy groups -OCH3 is 2. The van der Waals surface area contributed by atoms with Gasteiger partial charge in [-0.1, -0.05) is 37.6 Å². The summed E-state index contributed by atoms with van der Waals surface area (Å²) in [5.74, 6) is -1.97. The maximum atomic E-state index is 14.2. The number of benzene rings is 3. The van der Waals surface area contributed by atoms with Gasteiger partial charge in [0.05, 0.1) is 20.6 Å². The van der Waals surface area contributed by atoms with E-state index in [0.717, 1.165) is 0 Å². The van der Waals surface area contributed by atoms with Gasteiger partial charge in [0, 0.05) is 51.5 Å². The largest absolute Gasteiger partial charge is 0.542 e. The topological polar surface area (TPSA) is 151 Å². The highest BCUT2D eigenvalue weighted by molar-refractivity contribution is 6.30. The Hall–Kier alpha value is -4.58. The van der Waals surface area contributed by atoms with E-state index in [1.54, 1.807) is 48.5 Å². The molecule has 1 aliphatic heterocycles. The van der Waals surface area contributed by atoms with Crippen LogP contribution in [0.5, 0.6) is 11.5 Å². The first-order valence-electron chi connectivity index (χ1n) is 14.1. The summed E-state index contributed by atoms with van der Waals surface area (Å²) in [4.78, 5) is 40.4. The van der Waals surface area contributed by atoms with Crippen molar-refractivity contribution < 1.29 is 43.2 Å². The molecule has 0 spiro atoms. The Balaban J connectivity index is 1.54. The van der Waals surface area contributed by atoms with E-state index in [-0.39, 0.29) is 25.3 Å². The normalized spacial score (nSPS) is 16.7. The SMILES string of the molecule is COc1cccc([C@H]2O[C@H](CC(=O)Nc3ccc4oc(C(=O)[O-])cc4c3)C(=O)N(CC(C)(C)CO)c3ccc(Cl)cc32)c1OC. The fourth-order valence-corrected chi connectivity index (χ4v) is 5.49. The van der Waals surface area contributed by atoms with Crippen molar-refractivity contribution in [2.45, 2.75) is 32.5 Å². The first-order chi connectivity index (χ1) is 21.4. The van der Waals surface area contributed by atoms with E-state index in [4.69, 9.17) is 30.2 Å². The molecule has 0 unspecified atom stereocenters. The third-order valence-corrected chi connectivity index (χ3v) is 7.74. The number of carbonyl (C=O) groups excluding carboxylic acids is 3. The van der Waals surface area contributed by atoms with Gasteiger partial charge >= 0.3 is 0 Å². The number of furan rings is 1. The van der Waals surface area contributed by atoms with Gasteiger partial charge in [-0.05, 0) is 48.5 Å². The van der Waals surface area contributed by atoms with E-state index >= 15 is 0 Å². The Bertz CT molecular complexity index is 1770. The lowest BCUT2D eigenvalue weighted by molar-refractivity contribution is -0.257. The molecule has 45 heavy (non-hydrogen) atoms. The molecule has 1 aliphatic rings. The molecule has 2 amide bonds. The number of rotatable bonds is 10. The van der Waals surface area contributed by atoms with Crippen LogP contribution < -0.4 is 24.8 Å². The van der Waals surface area contributed by atoms with Crippen molar-refractivity contribution in [2.75, 3.05) is 37.6 Å². The predicted octanol–water partition coefficient (Wildman–Crippen LogP) is 4.34. The molecule has 0 bridgehead atoms. The number of anilines is 2. The Labute approximate surface area is 264 Å². The number of amides is 2. The zero-order valence-electron chi connectivity index (χ0n) is 25.1. The van der Waals surface area contributed by atoms with Crippen molar-refractivity contribution in [3.05, 3.63) is 82.6 Å². The molecular formula is C33H32ClN2O9-. The van der Waals surface area contributed by atoms with Crippen LogP contribution >= 0.6 is 11.6 Å². The number of aliphatic hydroxyl groups excluding tert-OH is 1. The van der Waals surface area contributed by atoms with Crippen molar-refractivity contribution in [3.8, 4) is 11.5 Å². The zero-order chi connectivity index (χ0) is 32.5. The third-order valence-electron chi connectivity index (χ3n) is 7.51. The lowest BCUT2D eigenvalue weighted by atomic mass is 9.92. The standard InChI is InChI=1S/C33H33ClN2O9/c1-33(2,17-37)16-36-23-10-8-19(34)14-22(23)29(21-6-5-7-25(42-3)30(21)43-4)45-26(31(36)39)15-28(38)35-20-9-11-24-18(12-20)13-27(44-24)32(40)41/h5-14,26,29,37H,15-17H2,1-4H3,(H,35,38)(H,40,41)/p-1/t26-,29-/m1/s1. The molecule has 1 aromatic heterocycles. The Morgan fingerprint density at radius 2 is 1.84 bits per heavy atom. The van der Waals surface area contributed by atoms with Crippen molar-refractivity contribution in [3.63, 3.8) is 0 Å². The van der Waals surface area contributed by atoms with Gasteiger partial charge < -0.3 is 43.9 Å². The second-order valence-electron chi connectivity index (χ2n) is 11.4. The number of aliphatic hydroxyl groups is 1. The number of carboxylic acid groups (broad SMARTS) is 1. The minimum Gasteiger partial charge on any atom is -0.542 e. The number of aromatic carboxylic acids is 1. The van der Waals surface area contributed by atoms with Crippen LogP contribution in [-0.2, 0) is 14.3 Å². The molecule has 12 heteroatoms. The maximum absolute atomic E-state index is 14.2. The second-order valence-corrected chi connectivity index (χ2v) is 11.9. The van der Waals surface area contributed by atoms with Gasteiger partial charge in [-0.2, -0.15) is 0 Å². The van der Waals surface area contributed by atoms with Gasteiger partial charge in [0.25, 0.3) is 5.91 Å². The molecule has 0 radical (unpaired) electrons. The van der Waals surface area contributed by atoms with E-state index in [1.807, 2.05) is 13.8 Å². The van der Waals surface area contributed by atoms with E-state index in [1.165, 1.54) is 31.3 Å². The van der Waals surface area contributed by atoms with E-state index in [0.29, 0.717) is 50.0 Å². The van der Waals surface area contributed by atoms with Crippen LogP contribution in [0.1, 0.15) is 48.1 Å². The van der Waals surface area contributed by atoms with E-state index < -0.39 is 35.4 Å². The van der Waals surface area contributed by atoms with E-state index in [9.17, 15) is 24.6 Å². The van der Waals surface area contributed by atoms with Crippen LogP contribution in [0.25, 0.3) is 11.0 Å². The molecule has 0 saturated carbocycles. The van der Waals surface area contributed by atoms with Crippen LogP contribution in [0.4, 0.5) is 11.4 Å². The Morgan fingerprint density at radius 1 is 1.07 bits per heavy atom. The molecule has 2 N–H and O–H groups in total. The Kier molecular flexibility index (Phi) is 9.06. The number of hydrogen-bond acceptors (Lipinski definition) is 9. The average Bonchev–Trinajstić information content (AvgIpc) is 3.41. The number of fused-ring (bicyclic) bond motifs is 2. The zero-order valence-corrected chi connectivity index (χ0v) is 25.8. The minimum absolute atomic E-state index is 0.123. The van der Waals surface area contributed by atoms with Crippen molar-refractivity contribution >= 4 is 51.7 Å². The number of para-hydroxylation sites is 1. The fraction of sp³-hybridized carbons (Fsp3) is 0.303. The summed E-state index contributed by atoms with van der Waals surface area (Å²) < 4.78 is 23.0. The second kappa shape index (κ2) is 12.8. The van der Waals surface area contributed by atoms with Crippen molar-refractivity contribution in [1.82, 2.24) is 0 Å². The smallest absolute Gasteiger partial charge is 0.256 e. The highest BCUT2D eigenvalue weighted by Crippen LogP contribution is 2.45. The number of nitrogens with one attached hydrogen (secondary N) is 1. The monoisotopic (exact) mass is 635 g/mol. The molecule has 0 aliphatic carbocycles. The van der Waals surface area contributed by atoms with E-state index in [2.05, 4.69) is 5.32 Å². The highest BCUT2D eigenvalue weighted by atomic mass is 35.5. The average molecular weight is 636 g/mol. The van der Waals surface area contributed by atoms with Gasteiger partial charge in [-0.3, -0.25) is 9.59 Å². The molecule has 11 nitrogen and oxygen atoms in total. The van der Waals surface area contributed by atoms with Gasteiger partial charge in [-0.15, -0.1) is 0 Å². The molecule has 0 fully saturated rings. The quantitative estimate of drug-likeness (QED) is 0.259. The van der Waals surface area contributed by atoms with Gasteiger partial charge in [0.15, 0.2) is 17.3 Å². The molecule has 2 atom stereocenters. The first-order valence-corrected chi connectivity index (χ1v) is 14.4. The number of carboxylic acids is 1. The van der Waals surface area contributed by atoms with Gasteiger partial charge in [-0.25, -0.2) is 0 Å². The van der Waals surface area contributed by atoms with Crippen molar-refractivity contribution in [1.29, 1.82) is 0 Å². The fourth-order valence-electron chi connectivity index (χ4n) is 5.31. The molecule has 4 aromatic rings. The summed E-state index contributed by atoms with van der Waals surface area (Å²) in [6.07, 6.45) is -2.54. The maximum Gasteiger partial charge on any atom is 0.256 e. The number of hydrogen-bond donors (Lipinski definition) is 2. The van der Waals surface area contributed by atoms with Crippen LogP contribution in [0.3, 0.4) is 0 Å². The summed E-state index contributed by atoms with van der Waals surface area (Å²) in [6, 6.07) is 16.3. The Morgan fingerprint density at radius 3 is 2.53 bits per heavy atom. The number of halogens is 1. The van der Waals surface area contributed by atoms with Crippen LogP contribution in [-0.4, -0.2) is 56.4 Å². The number of carbonyl (C=O) groups is 3. The third kappa shape index (κ3) is 6.60. The summed E-state index contributed by atoms with van der Waals surface area (Å²) in [7, 11) is 3.01. The van der Waals surface area contributed by atoms with Crippen LogP contribution in [0.2, 0.25) is 5.02 Å². The lowest BCUT2D eigenvalue weighted by Gasteiger charge is -2.32. The molecular weight excluding hydrogens is 604 g/mol. The minimum atomic E-state index is -1.46. The van der Waals surface area contributed by atoms with Crippen molar-refractivity contribution in [2.24, 2.45) is 5.41 Å². The summed E-state index contributed by atoms with van der Waals surface area (Å²) >= 11 is 6.47. The highest BCUT2D eigenvalue weighted by Gasteiger charge is 2.40. The van der Waals surface area contributed by atoms with Crippen LogP contribution in [0, 0.1) is 5.41 Å². The van der Waals surface area contributed by atoms with Crippen LogP contribution in [0.15, 0.2) is 65.1 Å². The number of nitrogens with zero attached hydrogens (tertiary/aromatic N) is 1.